The predicted molar refractivity (Wildman–Crippen MR) is 86.5 cm³/mol. The van der Waals surface area contributed by atoms with E-state index in [1.54, 1.807) is 13.8 Å². The van der Waals surface area contributed by atoms with Gasteiger partial charge in [-0.3, -0.25) is 9.59 Å². The SMILES string of the molecule is CC(C)C(NC(=O)c1c(F)cccc1F)C(=O)NC1CCCNC1. The molecular weight excluding hydrogens is 316 g/mol. The van der Waals surface area contributed by atoms with Crippen LogP contribution in [0.4, 0.5) is 8.78 Å². The first kappa shape index (κ1) is 18.3. The first-order valence-electron chi connectivity index (χ1n) is 8.16. The average molecular weight is 339 g/mol. The van der Waals surface area contributed by atoms with Crippen molar-refractivity contribution in [1.82, 2.24) is 16.0 Å². The number of hydrogen-bond donors (Lipinski definition) is 3. The topological polar surface area (TPSA) is 70.2 Å². The van der Waals surface area contributed by atoms with Crippen LogP contribution in [0.2, 0.25) is 0 Å². The maximum Gasteiger partial charge on any atom is 0.257 e. The number of amides is 2. The molecule has 0 saturated carbocycles. The molecule has 0 bridgehead atoms. The van der Waals surface area contributed by atoms with Gasteiger partial charge in [0.2, 0.25) is 5.91 Å². The van der Waals surface area contributed by atoms with Crippen LogP contribution >= 0.6 is 0 Å². The van der Waals surface area contributed by atoms with E-state index in [0.29, 0.717) is 6.54 Å². The monoisotopic (exact) mass is 339 g/mol. The summed E-state index contributed by atoms with van der Waals surface area (Å²) in [6, 6.07) is 2.34. The molecule has 7 heteroatoms. The Hall–Kier alpha value is -2.02. The lowest BCUT2D eigenvalue weighted by Crippen LogP contribution is -2.55. The van der Waals surface area contributed by atoms with Crippen molar-refractivity contribution >= 4 is 11.8 Å². The number of carbonyl (C=O) groups excluding carboxylic acids is 2. The molecule has 1 aliphatic rings. The maximum absolute atomic E-state index is 13.7. The first-order valence-corrected chi connectivity index (χ1v) is 8.16. The molecule has 24 heavy (non-hydrogen) atoms. The summed E-state index contributed by atoms with van der Waals surface area (Å²) >= 11 is 0. The molecule has 2 amide bonds. The summed E-state index contributed by atoms with van der Waals surface area (Å²) in [5, 5.41) is 8.52. The van der Waals surface area contributed by atoms with Crippen molar-refractivity contribution in [1.29, 1.82) is 0 Å². The van der Waals surface area contributed by atoms with Crippen molar-refractivity contribution < 1.29 is 18.4 Å². The Morgan fingerprint density at radius 2 is 1.92 bits per heavy atom. The molecule has 2 rings (SSSR count). The zero-order chi connectivity index (χ0) is 17.7. The van der Waals surface area contributed by atoms with Crippen LogP contribution < -0.4 is 16.0 Å². The number of carbonyl (C=O) groups is 2. The van der Waals surface area contributed by atoms with Crippen LogP contribution in [0, 0.1) is 17.6 Å². The molecule has 0 spiro atoms. The van der Waals surface area contributed by atoms with Gasteiger partial charge >= 0.3 is 0 Å². The van der Waals surface area contributed by atoms with Gasteiger partial charge in [-0.2, -0.15) is 0 Å². The van der Waals surface area contributed by atoms with Gasteiger partial charge in [0.15, 0.2) is 0 Å². The third-order valence-corrected chi connectivity index (χ3v) is 4.07. The maximum atomic E-state index is 13.7. The van der Waals surface area contributed by atoms with E-state index in [9.17, 15) is 18.4 Å². The van der Waals surface area contributed by atoms with Crippen LogP contribution in [0.3, 0.4) is 0 Å². The Morgan fingerprint density at radius 1 is 1.25 bits per heavy atom. The van der Waals surface area contributed by atoms with Crippen molar-refractivity contribution in [2.45, 2.75) is 38.8 Å². The fourth-order valence-electron chi connectivity index (χ4n) is 2.73. The molecule has 0 aromatic heterocycles. The van der Waals surface area contributed by atoms with Crippen molar-refractivity contribution in [3.05, 3.63) is 35.4 Å². The molecule has 1 aromatic carbocycles. The summed E-state index contributed by atoms with van der Waals surface area (Å²) in [5.74, 6) is -3.40. The molecule has 1 saturated heterocycles. The van der Waals surface area contributed by atoms with E-state index in [4.69, 9.17) is 0 Å². The zero-order valence-corrected chi connectivity index (χ0v) is 13.9. The standard InChI is InChI=1S/C17H23F2N3O2/c1-10(2)15(17(24)21-11-5-4-8-20-9-11)22-16(23)14-12(18)6-3-7-13(14)19/h3,6-7,10-11,15,20H,4-5,8-9H2,1-2H3,(H,21,24)(H,22,23). The molecule has 1 heterocycles. The van der Waals surface area contributed by atoms with Gasteiger partial charge in [0.05, 0.1) is 0 Å². The predicted octanol–water partition coefficient (Wildman–Crippen LogP) is 1.59. The highest BCUT2D eigenvalue weighted by Gasteiger charge is 2.28. The van der Waals surface area contributed by atoms with Gasteiger partial charge in [0, 0.05) is 12.6 Å². The third kappa shape index (κ3) is 4.50. The van der Waals surface area contributed by atoms with Crippen LogP contribution in [0.1, 0.15) is 37.0 Å². The molecule has 132 valence electrons. The Morgan fingerprint density at radius 3 is 2.46 bits per heavy atom. The van der Waals surface area contributed by atoms with Gasteiger partial charge in [0.25, 0.3) is 5.91 Å². The molecule has 0 radical (unpaired) electrons. The Balaban J connectivity index is 2.07. The number of rotatable bonds is 5. The smallest absolute Gasteiger partial charge is 0.257 e. The number of benzene rings is 1. The second kappa shape index (κ2) is 8.19. The first-order chi connectivity index (χ1) is 11.4. The number of nitrogens with one attached hydrogen (secondary N) is 3. The van der Waals surface area contributed by atoms with E-state index in [-0.39, 0.29) is 17.9 Å². The lowest BCUT2D eigenvalue weighted by Gasteiger charge is -2.28. The summed E-state index contributed by atoms with van der Waals surface area (Å²) in [6.07, 6.45) is 1.82. The van der Waals surface area contributed by atoms with E-state index < -0.39 is 29.1 Å². The molecule has 2 atom stereocenters. The summed E-state index contributed by atoms with van der Waals surface area (Å²) in [5.41, 5.74) is -0.671. The van der Waals surface area contributed by atoms with Crippen molar-refractivity contribution in [2.75, 3.05) is 13.1 Å². The summed E-state index contributed by atoms with van der Waals surface area (Å²) in [6.45, 7) is 5.12. The van der Waals surface area contributed by atoms with E-state index in [1.807, 2.05) is 0 Å². The second-order valence-electron chi connectivity index (χ2n) is 6.34. The number of piperidine rings is 1. The van der Waals surface area contributed by atoms with Gasteiger partial charge in [-0.05, 0) is 37.4 Å². The minimum atomic E-state index is -0.952. The highest BCUT2D eigenvalue weighted by atomic mass is 19.1. The lowest BCUT2D eigenvalue weighted by atomic mass is 10.0. The van der Waals surface area contributed by atoms with E-state index in [0.717, 1.165) is 31.5 Å². The Kier molecular flexibility index (Phi) is 6.25. The summed E-state index contributed by atoms with van der Waals surface area (Å²) in [4.78, 5) is 24.7. The van der Waals surface area contributed by atoms with Crippen LogP contribution in [0.15, 0.2) is 18.2 Å². The second-order valence-corrected chi connectivity index (χ2v) is 6.34. The fraction of sp³-hybridized carbons (Fsp3) is 0.529. The average Bonchev–Trinajstić information content (AvgIpc) is 2.53. The molecule has 1 aliphatic heterocycles. The van der Waals surface area contributed by atoms with E-state index in [2.05, 4.69) is 16.0 Å². The third-order valence-electron chi connectivity index (χ3n) is 4.07. The summed E-state index contributed by atoms with van der Waals surface area (Å²) in [7, 11) is 0. The molecule has 2 unspecified atom stereocenters. The number of hydrogen-bond acceptors (Lipinski definition) is 3. The minimum absolute atomic E-state index is 0.00500. The minimum Gasteiger partial charge on any atom is -0.350 e. The molecule has 0 aliphatic carbocycles. The van der Waals surface area contributed by atoms with Crippen molar-refractivity contribution in [2.24, 2.45) is 5.92 Å². The largest absolute Gasteiger partial charge is 0.350 e. The van der Waals surface area contributed by atoms with Gasteiger partial charge in [0.1, 0.15) is 23.2 Å². The fourth-order valence-corrected chi connectivity index (χ4v) is 2.73. The highest BCUT2D eigenvalue weighted by molar-refractivity contribution is 5.98. The molecule has 3 N–H and O–H groups in total. The van der Waals surface area contributed by atoms with Gasteiger partial charge in [-0.1, -0.05) is 19.9 Å². The van der Waals surface area contributed by atoms with Crippen molar-refractivity contribution in [3.8, 4) is 0 Å². The van der Waals surface area contributed by atoms with Crippen LogP contribution in [-0.4, -0.2) is 37.0 Å². The molecule has 1 fully saturated rings. The molecule has 1 aromatic rings. The Labute approximate surface area is 140 Å². The van der Waals surface area contributed by atoms with E-state index in [1.165, 1.54) is 6.07 Å². The Bertz CT molecular complexity index is 581. The molecule has 5 nitrogen and oxygen atoms in total. The van der Waals surface area contributed by atoms with Gasteiger partial charge in [-0.15, -0.1) is 0 Å². The van der Waals surface area contributed by atoms with E-state index >= 15 is 0 Å². The van der Waals surface area contributed by atoms with Crippen LogP contribution in [0.25, 0.3) is 0 Å². The normalized spacial score (nSPS) is 19.0. The van der Waals surface area contributed by atoms with Gasteiger partial charge < -0.3 is 16.0 Å². The van der Waals surface area contributed by atoms with Crippen LogP contribution in [-0.2, 0) is 4.79 Å². The highest BCUT2D eigenvalue weighted by Crippen LogP contribution is 2.13. The lowest BCUT2D eigenvalue weighted by molar-refractivity contribution is -0.124. The van der Waals surface area contributed by atoms with Crippen molar-refractivity contribution in [3.63, 3.8) is 0 Å². The summed E-state index contributed by atoms with van der Waals surface area (Å²) < 4.78 is 27.4. The zero-order valence-electron chi connectivity index (χ0n) is 13.9. The van der Waals surface area contributed by atoms with Crippen LogP contribution in [0.5, 0.6) is 0 Å². The van der Waals surface area contributed by atoms with Gasteiger partial charge in [-0.25, -0.2) is 8.78 Å². The quantitative estimate of drug-likeness (QED) is 0.763. The molecular formula is C17H23F2N3O2. The number of halogens is 2.